The van der Waals surface area contributed by atoms with Gasteiger partial charge in [0.05, 0.1) is 12.3 Å². The van der Waals surface area contributed by atoms with Crippen LogP contribution >= 0.6 is 0 Å². The Hall–Kier alpha value is -1.36. The predicted molar refractivity (Wildman–Crippen MR) is 64.8 cm³/mol. The fourth-order valence-corrected chi connectivity index (χ4v) is 1.17. The molecule has 0 unspecified atom stereocenters. The number of carbonyl (C=O) groups excluding carboxylic acids is 1. The molecular weight excluding hydrogens is 206 g/mol. The maximum Gasteiger partial charge on any atom is 0.248 e. The molecule has 0 saturated carbocycles. The van der Waals surface area contributed by atoms with Gasteiger partial charge in [0.15, 0.2) is 0 Å². The van der Waals surface area contributed by atoms with Gasteiger partial charge in [0.2, 0.25) is 5.91 Å². The molecule has 0 aliphatic rings. The molecule has 1 rings (SSSR count). The van der Waals surface area contributed by atoms with Gasteiger partial charge in [-0.2, -0.15) is 9.78 Å². The van der Waals surface area contributed by atoms with E-state index in [1.54, 1.807) is 27.1 Å². The van der Waals surface area contributed by atoms with E-state index in [4.69, 9.17) is 4.74 Å². The second-order valence-electron chi connectivity index (χ2n) is 2.86. The highest BCUT2D eigenvalue weighted by atomic mass is 16.5. The summed E-state index contributed by atoms with van der Waals surface area (Å²) in [6.45, 7) is 6.22. The van der Waals surface area contributed by atoms with Crippen molar-refractivity contribution >= 4 is 11.7 Å². The summed E-state index contributed by atoms with van der Waals surface area (Å²) in [7, 11) is 3.35. The van der Waals surface area contributed by atoms with Gasteiger partial charge in [0, 0.05) is 26.6 Å². The molecule has 5 nitrogen and oxygen atoms in total. The lowest BCUT2D eigenvalue weighted by Crippen LogP contribution is -2.13. The summed E-state index contributed by atoms with van der Waals surface area (Å²) in [5.74, 6) is 0.667. The number of carbonyl (C=O) groups is 1. The minimum Gasteiger partial charge on any atom is -0.378 e. The number of rotatable bonds is 4. The largest absolute Gasteiger partial charge is 0.378 e. The first-order chi connectivity index (χ1) is 7.72. The van der Waals surface area contributed by atoms with Crippen LogP contribution in [0.25, 0.3) is 0 Å². The van der Waals surface area contributed by atoms with Crippen LogP contribution in [0.1, 0.15) is 37.7 Å². The Kier molecular flexibility index (Phi) is 7.20. The van der Waals surface area contributed by atoms with Crippen LogP contribution in [0.3, 0.4) is 0 Å². The van der Waals surface area contributed by atoms with Crippen molar-refractivity contribution < 1.29 is 9.53 Å². The van der Waals surface area contributed by atoms with Crippen LogP contribution in [-0.4, -0.2) is 29.8 Å². The van der Waals surface area contributed by atoms with E-state index in [-0.39, 0.29) is 5.91 Å². The van der Waals surface area contributed by atoms with Gasteiger partial charge in [-0.15, -0.1) is 0 Å². The molecule has 0 fully saturated rings. The molecule has 0 saturated heterocycles. The van der Waals surface area contributed by atoms with Crippen LogP contribution in [0.2, 0.25) is 0 Å². The topological polar surface area (TPSA) is 56.2 Å². The summed E-state index contributed by atoms with van der Waals surface area (Å²) < 4.78 is 6.31. The van der Waals surface area contributed by atoms with Crippen LogP contribution in [0, 0.1) is 0 Å². The predicted octanol–water partition coefficient (Wildman–Crippen LogP) is 2.15. The quantitative estimate of drug-likeness (QED) is 0.856. The second kappa shape index (κ2) is 7.87. The zero-order valence-electron chi connectivity index (χ0n) is 10.7. The number of hydrogen-bond donors (Lipinski definition) is 1. The molecule has 0 aliphatic heterocycles. The minimum atomic E-state index is -0.0308. The highest BCUT2D eigenvalue weighted by molar-refractivity contribution is 5.81. The van der Waals surface area contributed by atoms with Crippen molar-refractivity contribution in [3.63, 3.8) is 0 Å². The van der Waals surface area contributed by atoms with Gasteiger partial charge < -0.3 is 10.1 Å². The smallest absolute Gasteiger partial charge is 0.248 e. The van der Waals surface area contributed by atoms with Gasteiger partial charge in [-0.25, -0.2) is 0 Å². The Labute approximate surface area is 96.8 Å². The number of nitrogens with one attached hydrogen (secondary N) is 1. The Morgan fingerprint density at radius 2 is 2.19 bits per heavy atom. The summed E-state index contributed by atoms with van der Waals surface area (Å²) in [4.78, 5) is 11.4. The molecule has 0 bridgehead atoms. The Morgan fingerprint density at radius 1 is 1.56 bits per heavy atom. The Bertz CT molecular complexity index is 321. The van der Waals surface area contributed by atoms with Gasteiger partial charge in [0.1, 0.15) is 5.82 Å². The summed E-state index contributed by atoms with van der Waals surface area (Å²) in [6, 6.07) is 1.80. The number of anilines is 1. The first-order valence-corrected chi connectivity index (χ1v) is 5.51. The van der Waals surface area contributed by atoms with Crippen LogP contribution in [0.4, 0.5) is 5.82 Å². The van der Waals surface area contributed by atoms with E-state index in [1.165, 1.54) is 4.68 Å². The molecule has 92 valence electrons. The van der Waals surface area contributed by atoms with Crippen LogP contribution in [-0.2, 0) is 11.3 Å². The van der Waals surface area contributed by atoms with Gasteiger partial charge in [-0.1, -0.05) is 20.8 Å². The fourth-order valence-electron chi connectivity index (χ4n) is 1.17. The maximum atomic E-state index is 11.4. The van der Waals surface area contributed by atoms with Crippen LogP contribution < -0.4 is 5.32 Å². The monoisotopic (exact) mass is 227 g/mol. The summed E-state index contributed by atoms with van der Waals surface area (Å²) in [6.07, 6.45) is 0.433. The molecule has 0 radical (unpaired) electrons. The van der Waals surface area contributed by atoms with Crippen molar-refractivity contribution in [2.45, 2.75) is 33.8 Å². The molecule has 16 heavy (non-hydrogen) atoms. The normalized spacial score (nSPS) is 9.31. The first kappa shape index (κ1) is 14.6. The van der Waals surface area contributed by atoms with Gasteiger partial charge >= 0.3 is 0 Å². The second-order valence-corrected chi connectivity index (χ2v) is 2.86. The molecule has 0 amide bonds. The molecule has 1 N–H and O–H groups in total. The average molecular weight is 227 g/mol. The molecule has 1 aromatic heterocycles. The fraction of sp³-hybridized carbons (Fsp3) is 0.636. The van der Waals surface area contributed by atoms with Gasteiger partial charge in [-0.05, 0) is 0 Å². The van der Waals surface area contributed by atoms with Crippen molar-refractivity contribution in [1.29, 1.82) is 0 Å². The van der Waals surface area contributed by atoms with Crippen molar-refractivity contribution in [3.8, 4) is 0 Å². The van der Waals surface area contributed by atoms with E-state index < -0.39 is 0 Å². The van der Waals surface area contributed by atoms with Crippen molar-refractivity contribution in [1.82, 2.24) is 9.78 Å². The molecular formula is C11H21N3O2. The molecule has 0 aromatic carbocycles. The summed E-state index contributed by atoms with van der Waals surface area (Å²) >= 11 is 0. The highest BCUT2D eigenvalue weighted by Gasteiger charge is 2.11. The number of ether oxygens (including phenoxy) is 1. The van der Waals surface area contributed by atoms with E-state index in [2.05, 4.69) is 10.4 Å². The number of aromatic nitrogens is 2. The van der Waals surface area contributed by atoms with Gasteiger partial charge in [-0.3, -0.25) is 4.79 Å². The third-order valence-corrected chi connectivity index (χ3v) is 1.85. The first-order valence-electron chi connectivity index (χ1n) is 5.51. The van der Waals surface area contributed by atoms with E-state index in [9.17, 15) is 4.79 Å². The Morgan fingerprint density at radius 3 is 2.62 bits per heavy atom. The van der Waals surface area contributed by atoms with Crippen LogP contribution in [0.5, 0.6) is 0 Å². The van der Waals surface area contributed by atoms with E-state index in [0.29, 0.717) is 18.8 Å². The van der Waals surface area contributed by atoms with Gasteiger partial charge in [0.25, 0.3) is 0 Å². The van der Waals surface area contributed by atoms with Crippen molar-refractivity contribution in [3.05, 3.63) is 11.8 Å². The lowest BCUT2D eigenvalue weighted by atomic mass is 10.4. The number of methoxy groups -OCH3 is 1. The zero-order valence-corrected chi connectivity index (χ0v) is 10.7. The third kappa shape index (κ3) is 3.66. The molecule has 5 heteroatoms. The maximum absolute atomic E-state index is 11.4. The molecule has 0 aliphatic carbocycles. The highest BCUT2D eigenvalue weighted by Crippen LogP contribution is 2.11. The van der Waals surface area contributed by atoms with Crippen LogP contribution in [0.15, 0.2) is 6.07 Å². The number of hydrogen-bond acceptors (Lipinski definition) is 4. The minimum absolute atomic E-state index is 0.0308. The number of nitrogens with zero attached hydrogens (tertiary/aromatic N) is 2. The van der Waals surface area contributed by atoms with Crippen molar-refractivity contribution in [2.24, 2.45) is 0 Å². The zero-order chi connectivity index (χ0) is 12.6. The molecule has 0 spiro atoms. The summed E-state index contributed by atoms with van der Waals surface area (Å²) in [5, 5.41) is 7.03. The van der Waals surface area contributed by atoms with Crippen molar-refractivity contribution in [2.75, 3.05) is 19.5 Å². The standard InChI is InChI=1S/C9H15N3O2.C2H6/c1-4-9(13)12-8(10-2)5-7(11-12)6-14-3;1-2/h5,10H,4,6H2,1-3H3;1-2H3. The Balaban J connectivity index is 0.00000106. The lowest BCUT2D eigenvalue weighted by molar-refractivity contribution is 0.0893. The molecule has 0 atom stereocenters. The van der Waals surface area contributed by atoms with E-state index >= 15 is 0 Å². The average Bonchev–Trinajstić information content (AvgIpc) is 2.74. The van der Waals surface area contributed by atoms with E-state index in [1.807, 2.05) is 13.8 Å². The third-order valence-electron chi connectivity index (χ3n) is 1.85. The SMILES string of the molecule is CC.CCC(=O)n1nc(COC)cc1NC. The van der Waals surface area contributed by atoms with E-state index in [0.717, 1.165) is 5.69 Å². The summed E-state index contributed by atoms with van der Waals surface area (Å²) in [5.41, 5.74) is 0.749. The molecule has 1 aromatic rings. The molecule has 1 heterocycles. The lowest BCUT2D eigenvalue weighted by Gasteiger charge is -2.01.